The molecule has 0 spiro atoms. The number of hydrogen-bond donors (Lipinski definition) is 4. The molecule has 2 aliphatic heterocycles. The van der Waals surface area contributed by atoms with Gasteiger partial charge in [0.1, 0.15) is 17.5 Å². The molecule has 2 aliphatic rings. The third kappa shape index (κ3) is 2.94. The fourth-order valence-corrected chi connectivity index (χ4v) is 3.64. The molecule has 0 amide bonds. The van der Waals surface area contributed by atoms with E-state index in [1.54, 1.807) is 12.4 Å². The Kier molecular flexibility index (Phi) is 4.34. The summed E-state index contributed by atoms with van der Waals surface area (Å²) >= 11 is 6.34. The van der Waals surface area contributed by atoms with Crippen LogP contribution in [0.1, 0.15) is 31.9 Å². The molecule has 1 fully saturated rings. The van der Waals surface area contributed by atoms with Gasteiger partial charge in [-0.05, 0) is 31.5 Å². The minimum Gasteiger partial charge on any atom is -0.371 e. The van der Waals surface area contributed by atoms with Crippen molar-refractivity contribution in [3.8, 4) is 0 Å². The minimum atomic E-state index is -0.439. The van der Waals surface area contributed by atoms with E-state index in [4.69, 9.17) is 23.1 Å². The molecule has 0 aliphatic carbocycles. The standard InChI is InChI=1S/C17H23ClN8/c1-2-17(20)4-7-26(8-5-17)11-9-22-14-13(24-25-16(14)23-11)10-3-6-21-15(19)12(10)18/h3,6,9,15,21H,2,4-5,7-8,19-20H2,1H3,(H,23,24,25). The number of rotatable bonds is 3. The van der Waals surface area contributed by atoms with Gasteiger partial charge in [0.15, 0.2) is 0 Å². The number of hydrogen-bond acceptors (Lipinski definition) is 7. The average molecular weight is 375 g/mol. The predicted octanol–water partition coefficient (Wildman–Crippen LogP) is 1.41. The fourth-order valence-electron chi connectivity index (χ4n) is 3.42. The number of allylic oxidation sites excluding steroid dienone is 2. The lowest BCUT2D eigenvalue weighted by Crippen LogP contribution is -2.50. The SMILES string of the molecule is CCC1(N)CCN(c2cnc3c(C4=C(Cl)C(N)NC=C4)[nH]nc3n2)CC1. The Bertz CT molecular complexity index is 878. The van der Waals surface area contributed by atoms with E-state index in [1.807, 2.05) is 6.08 Å². The van der Waals surface area contributed by atoms with Gasteiger partial charge in [0.2, 0.25) is 5.65 Å². The summed E-state index contributed by atoms with van der Waals surface area (Å²) in [7, 11) is 0. The Morgan fingerprint density at radius 2 is 2.15 bits per heavy atom. The van der Waals surface area contributed by atoms with Crippen LogP contribution >= 0.6 is 11.6 Å². The quantitative estimate of drug-likeness (QED) is 0.640. The van der Waals surface area contributed by atoms with Crippen molar-refractivity contribution in [3.63, 3.8) is 0 Å². The van der Waals surface area contributed by atoms with Gasteiger partial charge in [0, 0.05) is 24.2 Å². The van der Waals surface area contributed by atoms with Gasteiger partial charge in [0.25, 0.3) is 0 Å². The highest BCUT2D eigenvalue weighted by Gasteiger charge is 2.29. The van der Waals surface area contributed by atoms with Crippen molar-refractivity contribution in [3.05, 3.63) is 29.2 Å². The van der Waals surface area contributed by atoms with Crippen LogP contribution in [0.5, 0.6) is 0 Å². The van der Waals surface area contributed by atoms with Gasteiger partial charge in [-0.25, -0.2) is 9.97 Å². The molecule has 26 heavy (non-hydrogen) atoms. The minimum absolute atomic E-state index is 0.0587. The van der Waals surface area contributed by atoms with Gasteiger partial charge in [-0.3, -0.25) is 5.10 Å². The van der Waals surface area contributed by atoms with Crippen LogP contribution in [-0.2, 0) is 0 Å². The molecule has 0 aromatic carbocycles. The topological polar surface area (TPSA) is 122 Å². The van der Waals surface area contributed by atoms with E-state index in [0.29, 0.717) is 16.2 Å². The second-order valence-electron chi connectivity index (χ2n) is 6.94. The Morgan fingerprint density at radius 3 is 2.88 bits per heavy atom. The van der Waals surface area contributed by atoms with Crippen molar-refractivity contribution in [1.82, 2.24) is 25.5 Å². The smallest absolute Gasteiger partial charge is 0.202 e. The van der Waals surface area contributed by atoms with E-state index in [9.17, 15) is 0 Å². The molecular formula is C17H23ClN8. The van der Waals surface area contributed by atoms with Crippen molar-refractivity contribution >= 4 is 34.2 Å². The summed E-state index contributed by atoms with van der Waals surface area (Å²) in [6.07, 6.45) is 7.86. The maximum atomic E-state index is 6.38. The molecule has 4 heterocycles. The van der Waals surface area contributed by atoms with Crippen LogP contribution in [0.2, 0.25) is 0 Å². The number of anilines is 1. The second kappa shape index (κ2) is 6.53. The molecule has 0 saturated carbocycles. The van der Waals surface area contributed by atoms with Crippen LogP contribution < -0.4 is 21.7 Å². The lowest BCUT2D eigenvalue weighted by atomic mass is 9.86. The summed E-state index contributed by atoms with van der Waals surface area (Å²) in [5, 5.41) is 10.8. The molecule has 2 aromatic rings. The van der Waals surface area contributed by atoms with Crippen LogP contribution in [0.25, 0.3) is 16.7 Å². The summed E-state index contributed by atoms with van der Waals surface area (Å²) < 4.78 is 0. The summed E-state index contributed by atoms with van der Waals surface area (Å²) in [4.78, 5) is 11.5. The molecule has 0 bridgehead atoms. The molecule has 1 unspecified atom stereocenters. The summed E-state index contributed by atoms with van der Waals surface area (Å²) in [6, 6.07) is 0. The van der Waals surface area contributed by atoms with Crippen molar-refractivity contribution < 1.29 is 0 Å². The zero-order valence-corrected chi connectivity index (χ0v) is 15.4. The molecule has 2 aromatic heterocycles. The summed E-state index contributed by atoms with van der Waals surface area (Å²) in [5.74, 6) is 0.825. The highest BCUT2D eigenvalue weighted by Crippen LogP contribution is 2.30. The van der Waals surface area contributed by atoms with E-state index < -0.39 is 6.17 Å². The largest absolute Gasteiger partial charge is 0.371 e. The van der Waals surface area contributed by atoms with Crippen LogP contribution in [0.3, 0.4) is 0 Å². The van der Waals surface area contributed by atoms with E-state index in [-0.39, 0.29) is 5.54 Å². The number of aromatic nitrogens is 4. The molecule has 8 nitrogen and oxygen atoms in total. The van der Waals surface area contributed by atoms with Gasteiger partial charge in [0.05, 0.1) is 16.9 Å². The number of fused-ring (bicyclic) bond motifs is 1. The van der Waals surface area contributed by atoms with Crippen LogP contribution in [0.15, 0.2) is 23.5 Å². The van der Waals surface area contributed by atoms with Crippen molar-refractivity contribution in [2.24, 2.45) is 11.5 Å². The Morgan fingerprint density at radius 1 is 1.38 bits per heavy atom. The van der Waals surface area contributed by atoms with Crippen molar-refractivity contribution in [2.45, 2.75) is 37.9 Å². The van der Waals surface area contributed by atoms with Gasteiger partial charge < -0.3 is 21.7 Å². The van der Waals surface area contributed by atoms with Crippen LogP contribution in [0, 0.1) is 0 Å². The fraction of sp³-hybridized carbons (Fsp3) is 0.471. The molecule has 9 heteroatoms. The number of nitrogens with zero attached hydrogens (tertiary/aromatic N) is 4. The number of halogens is 1. The third-order valence-electron chi connectivity index (χ3n) is 5.36. The highest BCUT2D eigenvalue weighted by atomic mass is 35.5. The molecule has 138 valence electrons. The van der Waals surface area contributed by atoms with Gasteiger partial charge in [-0.1, -0.05) is 18.5 Å². The lowest BCUT2D eigenvalue weighted by Gasteiger charge is -2.39. The van der Waals surface area contributed by atoms with Crippen molar-refractivity contribution in [1.29, 1.82) is 0 Å². The van der Waals surface area contributed by atoms with Gasteiger partial charge >= 0.3 is 0 Å². The number of aromatic amines is 1. The maximum Gasteiger partial charge on any atom is 0.202 e. The number of nitrogens with two attached hydrogens (primary N) is 2. The van der Waals surface area contributed by atoms with Gasteiger partial charge in [-0.15, -0.1) is 0 Å². The van der Waals surface area contributed by atoms with Crippen LogP contribution in [0.4, 0.5) is 5.82 Å². The molecule has 4 rings (SSSR count). The first-order valence-corrected chi connectivity index (χ1v) is 9.22. The second-order valence-corrected chi connectivity index (χ2v) is 7.35. The van der Waals surface area contributed by atoms with E-state index in [0.717, 1.165) is 49.4 Å². The first-order chi connectivity index (χ1) is 12.5. The first kappa shape index (κ1) is 17.3. The maximum absolute atomic E-state index is 6.38. The van der Waals surface area contributed by atoms with E-state index in [1.165, 1.54) is 0 Å². The normalized spacial score (nSPS) is 22.8. The number of dihydropyridines is 1. The predicted molar refractivity (Wildman–Crippen MR) is 103 cm³/mol. The Hall–Kier alpha value is -2.16. The highest BCUT2D eigenvalue weighted by molar-refractivity contribution is 6.34. The zero-order valence-electron chi connectivity index (χ0n) is 14.7. The van der Waals surface area contributed by atoms with Crippen molar-refractivity contribution in [2.75, 3.05) is 18.0 Å². The third-order valence-corrected chi connectivity index (χ3v) is 5.80. The zero-order chi connectivity index (χ0) is 18.3. The van der Waals surface area contributed by atoms with Crippen LogP contribution in [-0.4, -0.2) is 45.0 Å². The first-order valence-electron chi connectivity index (χ1n) is 8.84. The molecule has 6 N–H and O–H groups in total. The molecule has 1 saturated heterocycles. The lowest BCUT2D eigenvalue weighted by molar-refractivity contribution is 0.322. The number of nitrogens with one attached hydrogen (secondary N) is 2. The van der Waals surface area contributed by atoms with E-state index in [2.05, 4.69) is 37.3 Å². The molecular weight excluding hydrogens is 352 g/mol. The Balaban J connectivity index is 1.63. The number of piperidine rings is 1. The molecule has 1 atom stereocenters. The monoisotopic (exact) mass is 374 g/mol. The Labute approximate surface area is 156 Å². The number of H-pyrrole nitrogens is 1. The van der Waals surface area contributed by atoms with Gasteiger partial charge in [-0.2, -0.15) is 5.10 Å². The average Bonchev–Trinajstić information content (AvgIpc) is 3.07. The van der Waals surface area contributed by atoms with E-state index >= 15 is 0 Å². The molecule has 0 radical (unpaired) electrons. The summed E-state index contributed by atoms with van der Waals surface area (Å²) in [6.45, 7) is 3.90. The summed E-state index contributed by atoms with van der Waals surface area (Å²) in [5.41, 5.74) is 15.0.